The zero-order valence-corrected chi connectivity index (χ0v) is 23.2. The number of fused-ring (bicyclic) bond motifs is 1. The highest BCUT2D eigenvalue weighted by Crippen LogP contribution is 2.31. The summed E-state index contributed by atoms with van der Waals surface area (Å²) in [6.45, 7) is 2.60. The quantitative estimate of drug-likeness (QED) is 0.230. The molecule has 0 spiro atoms. The number of benzene rings is 3. The Morgan fingerprint density at radius 2 is 1.80 bits per heavy atom. The van der Waals surface area contributed by atoms with Crippen LogP contribution in [-0.4, -0.2) is 43.7 Å². The lowest BCUT2D eigenvalue weighted by molar-refractivity contribution is 0.266. The van der Waals surface area contributed by atoms with E-state index in [-0.39, 0.29) is 24.8 Å². The van der Waals surface area contributed by atoms with Gasteiger partial charge in [0, 0.05) is 58.1 Å². The lowest BCUT2D eigenvalue weighted by atomic mass is 10.1. The van der Waals surface area contributed by atoms with Gasteiger partial charge in [0.05, 0.1) is 12.1 Å². The van der Waals surface area contributed by atoms with E-state index in [9.17, 15) is 8.60 Å². The van der Waals surface area contributed by atoms with Crippen molar-refractivity contribution in [2.24, 2.45) is 0 Å². The molecule has 3 aromatic carbocycles. The standard InChI is InChI=1S/C30H27FN4O3S.ClH/c31-26-17-23(7-10-29(26)37-19-21-4-2-1-3-5-21)34-30-25-16-22(6-9-27(25)32-20-33-30)28-11-8-24(38-28)18-35-12-14-39(36)15-13-35;/h1-11,16-17,20H,12-15,18-19H2,(H,32,33,34);1H. The average molecular weight is 579 g/mol. The van der Waals surface area contributed by atoms with Gasteiger partial charge < -0.3 is 14.5 Å². The summed E-state index contributed by atoms with van der Waals surface area (Å²) < 4.78 is 38.3. The first-order valence-corrected chi connectivity index (χ1v) is 14.2. The summed E-state index contributed by atoms with van der Waals surface area (Å²) in [6, 6.07) is 24.2. The fourth-order valence-electron chi connectivity index (χ4n) is 4.55. The van der Waals surface area contributed by atoms with Crippen molar-refractivity contribution in [3.05, 3.63) is 102 Å². The van der Waals surface area contributed by atoms with Crippen molar-refractivity contribution in [3.63, 3.8) is 0 Å². The van der Waals surface area contributed by atoms with Gasteiger partial charge in [-0.1, -0.05) is 30.3 Å². The van der Waals surface area contributed by atoms with Crippen molar-refractivity contribution in [2.75, 3.05) is 29.9 Å². The Bertz CT molecular complexity index is 1620. The first kappa shape index (κ1) is 27.8. The third-order valence-corrected chi connectivity index (χ3v) is 7.94. The van der Waals surface area contributed by atoms with Gasteiger partial charge in [-0.3, -0.25) is 9.11 Å². The van der Waals surface area contributed by atoms with Gasteiger partial charge in [-0.05, 0) is 48.0 Å². The van der Waals surface area contributed by atoms with E-state index in [4.69, 9.17) is 9.15 Å². The van der Waals surface area contributed by atoms with Crippen LogP contribution in [0.15, 0.2) is 89.6 Å². The van der Waals surface area contributed by atoms with Gasteiger partial charge in [0.2, 0.25) is 0 Å². The van der Waals surface area contributed by atoms with E-state index in [0.29, 0.717) is 29.6 Å². The maximum atomic E-state index is 14.8. The number of ether oxygens (including phenoxy) is 1. The Morgan fingerprint density at radius 1 is 0.975 bits per heavy atom. The highest BCUT2D eigenvalue weighted by molar-refractivity contribution is 7.85. The molecule has 3 heterocycles. The lowest BCUT2D eigenvalue weighted by Crippen LogP contribution is -2.37. The van der Waals surface area contributed by atoms with Gasteiger partial charge in [0.15, 0.2) is 11.6 Å². The first-order valence-electron chi connectivity index (χ1n) is 12.8. The molecule has 0 saturated carbocycles. The van der Waals surface area contributed by atoms with Crippen molar-refractivity contribution in [1.82, 2.24) is 14.9 Å². The molecule has 206 valence electrons. The van der Waals surface area contributed by atoms with E-state index in [1.54, 1.807) is 12.1 Å². The van der Waals surface area contributed by atoms with Crippen LogP contribution < -0.4 is 10.1 Å². The van der Waals surface area contributed by atoms with Crippen LogP contribution in [0.3, 0.4) is 0 Å². The predicted molar refractivity (Wildman–Crippen MR) is 158 cm³/mol. The van der Waals surface area contributed by atoms with Gasteiger partial charge in [-0.15, -0.1) is 12.4 Å². The smallest absolute Gasteiger partial charge is 0.167 e. The second-order valence-corrected chi connectivity index (χ2v) is 11.1. The molecule has 0 amide bonds. The second kappa shape index (κ2) is 12.6. The second-order valence-electron chi connectivity index (χ2n) is 9.39. The Balaban J connectivity index is 0.00000323. The molecule has 6 rings (SSSR count). The van der Waals surface area contributed by atoms with Gasteiger partial charge in [-0.25, -0.2) is 14.4 Å². The minimum atomic E-state index is -0.702. The molecule has 10 heteroatoms. The number of anilines is 2. The number of halogens is 2. The molecule has 0 aliphatic carbocycles. The SMILES string of the molecule is Cl.O=S1CCN(Cc2ccc(-c3ccc4ncnc(Nc5ccc(OCc6ccccc6)c(F)c5)c4c3)o2)CC1. The minimum absolute atomic E-state index is 0. The number of rotatable bonds is 8. The Kier molecular flexibility index (Phi) is 8.74. The van der Waals surface area contributed by atoms with E-state index >= 15 is 0 Å². The van der Waals surface area contributed by atoms with Crippen molar-refractivity contribution in [1.29, 1.82) is 0 Å². The molecule has 1 N–H and O–H groups in total. The maximum absolute atomic E-state index is 14.8. The summed E-state index contributed by atoms with van der Waals surface area (Å²) >= 11 is 0. The number of hydrogen-bond acceptors (Lipinski definition) is 7. The first-order chi connectivity index (χ1) is 19.1. The predicted octanol–water partition coefficient (Wildman–Crippen LogP) is 6.34. The molecule has 0 radical (unpaired) electrons. The van der Waals surface area contributed by atoms with E-state index < -0.39 is 16.6 Å². The molecular formula is C30H28ClFN4O3S. The van der Waals surface area contributed by atoms with Crippen LogP contribution in [0.25, 0.3) is 22.2 Å². The fraction of sp³-hybridized carbons (Fsp3) is 0.200. The summed E-state index contributed by atoms with van der Waals surface area (Å²) in [7, 11) is -0.702. The van der Waals surface area contributed by atoms with Gasteiger partial charge in [-0.2, -0.15) is 0 Å². The number of nitrogens with zero attached hydrogens (tertiary/aromatic N) is 3. The van der Waals surface area contributed by atoms with Crippen LogP contribution in [0.2, 0.25) is 0 Å². The van der Waals surface area contributed by atoms with E-state index in [1.165, 1.54) is 12.4 Å². The Labute approximate surface area is 240 Å². The van der Waals surface area contributed by atoms with Crippen LogP contribution in [-0.2, 0) is 24.0 Å². The lowest BCUT2D eigenvalue weighted by Gasteiger charge is -2.24. The average Bonchev–Trinajstić information content (AvgIpc) is 3.43. The number of nitrogens with one attached hydrogen (secondary N) is 1. The zero-order chi connectivity index (χ0) is 26.6. The summed E-state index contributed by atoms with van der Waals surface area (Å²) in [5.41, 5.74) is 3.16. The van der Waals surface area contributed by atoms with Crippen molar-refractivity contribution in [3.8, 4) is 17.1 Å². The number of furan rings is 1. The molecule has 0 atom stereocenters. The van der Waals surface area contributed by atoms with E-state index in [2.05, 4.69) is 20.2 Å². The van der Waals surface area contributed by atoms with E-state index in [1.807, 2.05) is 60.7 Å². The van der Waals surface area contributed by atoms with Crippen LogP contribution in [0, 0.1) is 5.82 Å². The molecule has 1 fully saturated rings. The highest BCUT2D eigenvalue weighted by Gasteiger charge is 2.17. The zero-order valence-electron chi connectivity index (χ0n) is 21.6. The monoisotopic (exact) mass is 578 g/mol. The van der Waals surface area contributed by atoms with Gasteiger partial charge >= 0.3 is 0 Å². The molecule has 0 bridgehead atoms. The molecule has 1 saturated heterocycles. The van der Waals surface area contributed by atoms with Crippen LogP contribution in [0.1, 0.15) is 11.3 Å². The fourth-order valence-corrected chi connectivity index (χ4v) is 5.68. The Morgan fingerprint density at radius 3 is 2.60 bits per heavy atom. The molecule has 1 aliphatic rings. The van der Waals surface area contributed by atoms with Crippen LogP contribution in [0.4, 0.5) is 15.9 Å². The molecule has 7 nitrogen and oxygen atoms in total. The maximum Gasteiger partial charge on any atom is 0.167 e. The van der Waals surface area contributed by atoms with Crippen molar-refractivity contribution < 1.29 is 17.8 Å². The van der Waals surface area contributed by atoms with Crippen LogP contribution >= 0.6 is 12.4 Å². The summed E-state index contributed by atoms with van der Waals surface area (Å²) in [6.07, 6.45) is 1.48. The van der Waals surface area contributed by atoms with Crippen molar-refractivity contribution in [2.45, 2.75) is 13.2 Å². The molecule has 2 aromatic heterocycles. The van der Waals surface area contributed by atoms with Crippen molar-refractivity contribution >= 4 is 45.6 Å². The summed E-state index contributed by atoms with van der Waals surface area (Å²) in [5, 5.41) is 4.01. The minimum Gasteiger partial charge on any atom is -0.486 e. The number of hydrogen-bond donors (Lipinski definition) is 1. The highest BCUT2D eigenvalue weighted by atomic mass is 35.5. The number of aromatic nitrogens is 2. The third kappa shape index (κ3) is 6.50. The topological polar surface area (TPSA) is 80.5 Å². The molecule has 40 heavy (non-hydrogen) atoms. The van der Waals surface area contributed by atoms with E-state index in [0.717, 1.165) is 46.6 Å². The molecule has 1 aliphatic heterocycles. The summed E-state index contributed by atoms with van der Waals surface area (Å²) in [4.78, 5) is 11.1. The van der Waals surface area contributed by atoms with Gasteiger partial charge in [0.1, 0.15) is 30.3 Å². The normalized spacial score (nSPS) is 14.1. The molecular weight excluding hydrogens is 551 g/mol. The third-order valence-electron chi connectivity index (χ3n) is 6.66. The van der Waals surface area contributed by atoms with Gasteiger partial charge in [0.25, 0.3) is 0 Å². The van der Waals surface area contributed by atoms with Crippen LogP contribution in [0.5, 0.6) is 5.75 Å². The molecule has 0 unspecified atom stereocenters. The Hall–Kier alpha value is -3.79. The summed E-state index contributed by atoms with van der Waals surface area (Å²) in [5.74, 6) is 3.32. The molecule has 5 aromatic rings. The largest absolute Gasteiger partial charge is 0.486 e.